The van der Waals surface area contributed by atoms with E-state index < -0.39 is 0 Å². The minimum atomic E-state index is -0.303. The van der Waals surface area contributed by atoms with Crippen LogP contribution in [0.4, 0.5) is 9.52 Å². The van der Waals surface area contributed by atoms with Crippen molar-refractivity contribution in [2.45, 2.75) is 17.7 Å². The lowest BCUT2D eigenvalue weighted by Gasteiger charge is -1.95. The van der Waals surface area contributed by atoms with Crippen LogP contribution in [0.25, 0.3) is 6.08 Å². The van der Waals surface area contributed by atoms with Crippen molar-refractivity contribution in [3.63, 3.8) is 0 Å². The monoisotopic (exact) mass is 323 g/mol. The Bertz CT molecular complexity index is 625. The molecule has 0 aliphatic rings. The highest BCUT2D eigenvalue weighted by Gasteiger charge is 2.06. The molecule has 0 aliphatic heterocycles. The Hall–Kier alpha value is -1.73. The van der Waals surface area contributed by atoms with Crippen LogP contribution in [-0.4, -0.2) is 21.9 Å². The van der Waals surface area contributed by atoms with E-state index in [9.17, 15) is 9.18 Å². The number of amides is 1. The Kier molecular flexibility index (Phi) is 5.89. The second-order valence-electron chi connectivity index (χ2n) is 4.10. The third kappa shape index (κ3) is 5.28. The molecule has 21 heavy (non-hydrogen) atoms. The van der Waals surface area contributed by atoms with Crippen molar-refractivity contribution >= 4 is 40.2 Å². The van der Waals surface area contributed by atoms with Crippen molar-refractivity contribution in [3.05, 3.63) is 41.7 Å². The van der Waals surface area contributed by atoms with Crippen LogP contribution in [0.15, 0.2) is 34.7 Å². The first-order valence-corrected chi connectivity index (χ1v) is 8.18. The molecule has 1 aromatic carbocycles. The summed E-state index contributed by atoms with van der Waals surface area (Å²) in [5, 5.41) is 11.0. The molecule has 2 rings (SSSR count). The van der Waals surface area contributed by atoms with Crippen molar-refractivity contribution in [1.82, 2.24) is 10.2 Å². The summed E-state index contributed by atoms with van der Waals surface area (Å²) in [6.07, 6.45) is 4.06. The van der Waals surface area contributed by atoms with Gasteiger partial charge in [-0.15, -0.1) is 10.2 Å². The Morgan fingerprint density at radius 1 is 1.38 bits per heavy atom. The number of aromatic nitrogens is 2. The first kappa shape index (κ1) is 15.7. The number of carbonyl (C=O) groups is 1. The largest absolute Gasteiger partial charge is 0.297 e. The predicted molar refractivity (Wildman–Crippen MR) is 85.0 cm³/mol. The standard InChI is InChI=1S/C14H14FN3OS2/c1-2-9-20-14-18-17-13(21-14)16-12(19)8-5-10-3-6-11(15)7-4-10/h3-8H,2,9H2,1H3,(H,16,17,19)/b8-5+. The molecular weight excluding hydrogens is 309 g/mol. The van der Waals surface area contributed by atoms with Crippen molar-refractivity contribution in [3.8, 4) is 0 Å². The first-order chi connectivity index (χ1) is 10.2. The zero-order valence-electron chi connectivity index (χ0n) is 11.4. The smallest absolute Gasteiger partial charge is 0.250 e. The van der Waals surface area contributed by atoms with E-state index in [0.717, 1.165) is 22.1 Å². The number of thioether (sulfide) groups is 1. The molecule has 0 atom stereocenters. The fraction of sp³-hybridized carbons (Fsp3) is 0.214. The summed E-state index contributed by atoms with van der Waals surface area (Å²) in [6, 6.07) is 5.90. The number of halogens is 1. The number of nitrogens with one attached hydrogen (secondary N) is 1. The summed E-state index contributed by atoms with van der Waals surface area (Å²) < 4.78 is 13.6. The maximum atomic E-state index is 12.7. The van der Waals surface area contributed by atoms with Crippen molar-refractivity contribution in [2.24, 2.45) is 0 Å². The molecule has 0 unspecified atom stereocenters. The minimum absolute atomic E-state index is 0.289. The van der Waals surface area contributed by atoms with Crippen LogP contribution in [0, 0.1) is 5.82 Å². The Morgan fingerprint density at radius 2 is 2.14 bits per heavy atom. The van der Waals surface area contributed by atoms with Crippen LogP contribution in [0.2, 0.25) is 0 Å². The van der Waals surface area contributed by atoms with Gasteiger partial charge >= 0.3 is 0 Å². The van der Waals surface area contributed by atoms with E-state index >= 15 is 0 Å². The van der Waals surface area contributed by atoms with E-state index in [4.69, 9.17) is 0 Å². The lowest BCUT2D eigenvalue weighted by molar-refractivity contribution is -0.111. The molecule has 0 bridgehead atoms. The lowest BCUT2D eigenvalue weighted by atomic mass is 10.2. The molecular formula is C14H14FN3OS2. The maximum absolute atomic E-state index is 12.7. The minimum Gasteiger partial charge on any atom is -0.297 e. The predicted octanol–water partition coefficient (Wildman–Crippen LogP) is 3.83. The molecule has 1 N–H and O–H groups in total. The third-order valence-electron chi connectivity index (χ3n) is 2.36. The van der Waals surface area contributed by atoms with Gasteiger partial charge in [0.1, 0.15) is 5.82 Å². The molecule has 1 amide bonds. The van der Waals surface area contributed by atoms with E-state index in [1.54, 1.807) is 30.0 Å². The quantitative estimate of drug-likeness (QED) is 0.499. The molecule has 0 radical (unpaired) electrons. The highest BCUT2D eigenvalue weighted by Crippen LogP contribution is 2.25. The highest BCUT2D eigenvalue weighted by atomic mass is 32.2. The molecule has 7 heteroatoms. The van der Waals surface area contributed by atoms with Crippen LogP contribution < -0.4 is 5.32 Å². The van der Waals surface area contributed by atoms with Crippen molar-refractivity contribution < 1.29 is 9.18 Å². The second-order valence-corrected chi connectivity index (χ2v) is 6.42. The van der Waals surface area contributed by atoms with Crippen molar-refractivity contribution in [1.29, 1.82) is 0 Å². The van der Waals surface area contributed by atoms with Gasteiger partial charge in [-0.05, 0) is 30.2 Å². The lowest BCUT2D eigenvalue weighted by Crippen LogP contribution is -2.07. The number of carbonyl (C=O) groups excluding carboxylic acids is 1. The number of benzene rings is 1. The molecule has 4 nitrogen and oxygen atoms in total. The number of anilines is 1. The Balaban J connectivity index is 1.89. The number of rotatable bonds is 6. The van der Waals surface area contributed by atoms with Crippen LogP contribution in [0.5, 0.6) is 0 Å². The second kappa shape index (κ2) is 7.90. The molecule has 0 saturated heterocycles. The number of hydrogen-bond acceptors (Lipinski definition) is 5. The first-order valence-electron chi connectivity index (χ1n) is 6.38. The summed E-state index contributed by atoms with van der Waals surface area (Å²) in [4.78, 5) is 11.7. The normalized spacial score (nSPS) is 11.0. The maximum Gasteiger partial charge on any atom is 0.250 e. The van der Waals surface area contributed by atoms with Gasteiger partial charge in [0.05, 0.1) is 0 Å². The zero-order chi connectivity index (χ0) is 15.1. The van der Waals surface area contributed by atoms with Crippen LogP contribution >= 0.6 is 23.1 Å². The molecule has 0 saturated carbocycles. The SMILES string of the molecule is CCCSc1nnc(NC(=O)/C=C/c2ccc(F)cc2)s1. The van der Waals surface area contributed by atoms with E-state index in [1.165, 1.54) is 29.5 Å². The Morgan fingerprint density at radius 3 is 2.86 bits per heavy atom. The van der Waals surface area contributed by atoms with Gasteiger partial charge in [0.25, 0.3) is 0 Å². The van der Waals surface area contributed by atoms with E-state index in [2.05, 4.69) is 22.4 Å². The highest BCUT2D eigenvalue weighted by molar-refractivity contribution is 8.01. The zero-order valence-corrected chi connectivity index (χ0v) is 13.0. The van der Waals surface area contributed by atoms with Gasteiger partial charge in [0, 0.05) is 11.8 Å². The topological polar surface area (TPSA) is 54.9 Å². The number of hydrogen-bond donors (Lipinski definition) is 1. The molecule has 0 spiro atoms. The van der Waals surface area contributed by atoms with E-state index in [0.29, 0.717) is 5.13 Å². The van der Waals surface area contributed by atoms with E-state index in [-0.39, 0.29) is 11.7 Å². The van der Waals surface area contributed by atoms with Gasteiger partial charge in [0.15, 0.2) is 4.34 Å². The van der Waals surface area contributed by atoms with Gasteiger partial charge in [-0.1, -0.05) is 42.2 Å². The van der Waals surface area contributed by atoms with E-state index in [1.807, 2.05) is 0 Å². The van der Waals surface area contributed by atoms with Gasteiger partial charge in [0.2, 0.25) is 11.0 Å². The van der Waals surface area contributed by atoms with Gasteiger partial charge in [-0.3, -0.25) is 10.1 Å². The summed E-state index contributed by atoms with van der Waals surface area (Å²) in [7, 11) is 0. The summed E-state index contributed by atoms with van der Waals surface area (Å²) in [6.45, 7) is 2.09. The molecule has 110 valence electrons. The van der Waals surface area contributed by atoms with Gasteiger partial charge in [-0.25, -0.2) is 4.39 Å². The Labute approximate surface area is 130 Å². The van der Waals surface area contributed by atoms with Crippen LogP contribution in [-0.2, 0) is 4.79 Å². The summed E-state index contributed by atoms with van der Waals surface area (Å²) >= 11 is 2.97. The molecule has 0 aliphatic carbocycles. The molecule has 1 aromatic heterocycles. The third-order valence-corrected chi connectivity index (χ3v) is 4.54. The summed E-state index contributed by atoms with van der Waals surface area (Å²) in [5.41, 5.74) is 0.753. The van der Waals surface area contributed by atoms with Crippen LogP contribution in [0.3, 0.4) is 0 Å². The fourth-order valence-electron chi connectivity index (χ4n) is 1.40. The number of nitrogens with zero attached hydrogens (tertiary/aromatic N) is 2. The van der Waals surface area contributed by atoms with Gasteiger partial charge in [-0.2, -0.15) is 0 Å². The molecule has 2 aromatic rings. The average molecular weight is 323 g/mol. The van der Waals surface area contributed by atoms with Gasteiger partial charge < -0.3 is 0 Å². The fourth-order valence-corrected chi connectivity index (χ4v) is 3.08. The van der Waals surface area contributed by atoms with Crippen molar-refractivity contribution in [2.75, 3.05) is 11.1 Å². The molecule has 1 heterocycles. The summed E-state index contributed by atoms with van der Waals surface area (Å²) in [5.74, 6) is 0.387. The van der Waals surface area contributed by atoms with Crippen LogP contribution in [0.1, 0.15) is 18.9 Å². The molecule has 0 fully saturated rings. The average Bonchev–Trinajstić information content (AvgIpc) is 2.92.